The predicted octanol–water partition coefficient (Wildman–Crippen LogP) is 4.37. The summed E-state index contributed by atoms with van der Waals surface area (Å²) in [5.41, 5.74) is 11.0. The van der Waals surface area contributed by atoms with Crippen LogP contribution in [-0.2, 0) is 6.42 Å². The van der Waals surface area contributed by atoms with Gasteiger partial charge in [-0.1, -0.05) is 30.3 Å². The molecule has 0 bridgehead atoms. The maximum absolute atomic E-state index is 13.1. The first-order valence-electron chi connectivity index (χ1n) is 9.87. The second-order valence-corrected chi connectivity index (χ2v) is 7.23. The summed E-state index contributed by atoms with van der Waals surface area (Å²) in [5.74, 6) is -0.884. The van der Waals surface area contributed by atoms with E-state index in [1.54, 1.807) is 24.4 Å². The fraction of sp³-hybridized carbons (Fsp3) is 0.160. The number of hydrogen-bond donors (Lipinski definition) is 2. The third-order valence-corrected chi connectivity index (χ3v) is 4.75. The zero-order valence-corrected chi connectivity index (χ0v) is 17.5. The van der Waals surface area contributed by atoms with Crippen molar-refractivity contribution in [3.8, 4) is 11.1 Å². The Morgan fingerprint density at radius 1 is 1.03 bits per heavy atom. The standard InChI is InChI=1S/C17H13FN2O.C8H11NO/c1-10-2-7-13-14(11-3-5-12(18)6-4-11)9-16(17(19)21)20-15(13)8-10;1-7-2-3-8(4-5-10)6-9-7/h2-9H,1H3,(H2,19,21);2-3,6,10H,4-5H2,1H3. The second kappa shape index (κ2) is 9.91. The van der Waals surface area contributed by atoms with Crippen molar-refractivity contribution in [2.45, 2.75) is 20.3 Å². The number of aliphatic hydroxyl groups is 1. The Balaban J connectivity index is 0.000000229. The lowest BCUT2D eigenvalue weighted by molar-refractivity contribution is 0.0996. The molecule has 5 nitrogen and oxygen atoms in total. The first kappa shape index (κ1) is 22.1. The van der Waals surface area contributed by atoms with Crippen LogP contribution in [0.1, 0.15) is 27.3 Å². The molecule has 6 heteroatoms. The van der Waals surface area contributed by atoms with E-state index in [1.807, 2.05) is 44.2 Å². The number of halogens is 1. The number of nitrogens with zero attached hydrogens (tertiary/aromatic N) is 2. The molecule has 2 aromatic heterocycles. The van der Waals surface area contributed by atoms with E-state index in [0.717, 1.165) is 33.3 Å². The zero-order chi connectivity index (χ0) is 22.4. The van der Waals surface area contributed by atoms with Crippen molar-refractivity contribution in [2.24, 2.45) is 5.73 Å². The summed E-state index contributed by atoms with van der Waals surface area (Å²) >= 11 is 0. The number of primary amides is 1. The topological polar surface area (TPSA) is 89.1 Å². The van der Waals surface area contributed by atoms with E-state index in [9.17, 15) is 9.18 Å². The lowest BCUT2D eigenvalue weighted by Crippen LogP contribution is -2.13. The molecule has 2 aromatic carbocycles. The van der Waals surface area contributed by atoms with Crippen molar-refractivity contribution >= 4 is 16.8 Å². The average Bonchev–Trinajstić information content (AvgIpc) is 2.75. The molecule has 1 amide bonds. The van der Waals surface area contributed by atoms with Crippen LogP contribution in [0.2, 0.25) is 0 Å². The summed E-state index contributed by atoms with van der Waals surface area (Å²) < 4.78 is 13.1. The van der Waals surface area contributed by atoms with E-state index in [0.29, 0.717) is 11.9 Å². The summed E-state index contributed by atoms with van der Waals surface area (Å²) in [7, 11) is 0. The zero-order valence-electron chi connectivity index (χ0n) is 17.5. The molecular weight excluding hydrogens is 393 g/mol. The van der Waals surface area contributed by atoms with Crippen molar-refractivity contribution < 1.29 is 14.3 Å². The fourth-order valence-corrected chi connectivity index (χ4v) is 3.11. The number of pyridine rings is 2. The summed E-state index contributed by atoms with van der Waals surface area (Å²) in [4.78, 5) is 19.8. The molecule has 0 fully saturated rings. The molecule has 158 valence electrons. The van der Waals surface area contributed by atoms with Crippen molar-refractivity contribution in [2.75, 3.05) is 6.61 Å². The number of carbonyl (C=O) groups excluding carboxylic acids is 1. The maximum atomic E-state index is 13.1. The Hall–Kier alpha value is -3.64. The molecule has 31 heavy (non-hydrogen) atoms. The molecule has 4 aromatic rings. The van der Waals surface area contributed by atoms with Gasteiger partial charge in [0.25, 0.3) is 5.91 Å². The van der Waals surface area contributed by atoms with Crippen molar-refractivity contribution in [3.05, 3.63) is 95.2 Å². The number of rotatable bonds is 4. The van der Waals surface area contributed by atoms with E-state index in [2.05, 4.69) is 9.97 Å². The van der Waals surface area contributed by atoms with Crippen LogP contribution >= 0.6 is 0 Å². The summed E-state index contributed by atoms with van der Waals surface area (Å²) in [5, 5.41) is 9.46. The minimum absolute atomic E-state index is 0.199. The Kier molecular flexibility index (Phi) is 7.05. The van der Waals surface area contributed by atoms with Gasteiger partial charge in [-0.25, -0.2) is 9.37 Å². The monoisotopic (exact) mass is 417 g/mol. The second-order valence-electron chi connectivity index (χ2n) is 7.23. The number of benzene rings is 2. The quantitative estimate of drug-likeness (QED) is 0.516. The van der Waals surface area contributed by atoms with Gasteiger partial charge < -0.3 is 10.8 Å². The predicted molar refractivity (Wildman–Crippen MR) is 120 cm³/mol. The number of amides is 1. The smallest absolute Gasteiger partial charge is 0.267 e. The average molecular weight is 417 g/mol. The molecule has 0 aliphatic rings. The summed E-state index contributed by atoms with van der Waals surface area (Å²) in [6, 6.07) is 17.5. The van der Waals surface area contributed by atoms with Gasteiger partial charge in [-0.15, -0.1) is 0 Å². The number of fused-ring (bicyclic) bond motifs is 1. The van der Waals surface area contributed by atoms with Crippen LogP contribution in [0, 0.1) is 19.7 Å². The van der Waals surface area contributed by atoms with Gasteiger partial charge >= 0.3 is 0 Å². The van der Waals surface area contributed by atoms with Gasteiger partial charge in [0.2, 0.25) is 0 Å². The van der Waals surface area contributed by atoms with Crippen molar-refractivity contribution in [1.29, 1.82) is 0 Å². The Morgan fingerprint density at radius 3 is 2.39 bits per heavy atom. The molecule has 0 atom stereocenters. The Morgan fingerprint density at radius 2 is 1.77 bits per heavy atom. The van der Waals surface area contributed by atoms with E-state index >= 15 is 0 Å². The van der Waals surface area contributed by atoms with E-state index < -0.39 is 5.91 Å². The van der Waals surface area contributed by atoms with Gasteiger partial charge in [-0.05, 0) is 72.9 Å². The third kappa shape index (κ3) is 5.71. The van der Waals surface area contributed by atoms with Crippen LogP contribution in [0.4, 0.5) is 4.39 Å². The molecule has 0 saturated heterocycles. The van der Waals surface area contributed by atoms with Crippen LogP contribution < -0.4 is 5.73 Å². The highest BCUT2D eigenvalue weighted by atomic mass is 19.1. The molecule has 0 aliphatic heterocycles. The van der Waals surface area contributed by atoms with Crippen molar-refractivity contribution in [1.82, 2.24) is 9.97 Å². The fourth-order valence-electron chi connectivity index (χ4n) is 3.11. The van der Waals surface area contributed by atoms with Crippen LogP contribution in [0.3, 0.4) is 0 Å². The van der Waals surface area contributed by atoms with Crippen LogP contribution in [0.5, 0.6) is 0 Å². The molecular formula is C25H24FN3O2. The summed E-state index contributed by atoms with van der Waals surface area (Å²) in [6.45, 7) is 4.10. The van der Waals surface area contributed by atoms with Gasteiger partial charge in [-0.2, -0.15) is 0 Å². The maximum Gasteiger partial charge on any atom is 0.267 e. The number of aliphatic hydroxyl groups excluding tert-OH is 1. The lowest BCUT2D eigenvalue weighted by Gasteiger charge is -2.09. The van der Waals surface area contributed by atoms with E-state index in [-0.39, 0.29) is 18.1 Å². The normalized spacial score (nSPS) is 10.5. The SMILES string of the molecule is Cc1ccc(CCO)cn1.Cc1ccc2c(-c3ccc(F)cc3)cc(C(N)=O)nc2c1. The third-order valence-electron chi connectivity index (χ3n) is 4.75. The number of aryl methyl sites for hydroxylation is 2. The first-order chi connectivity index (χ1) is 14.9. The van der Waals surface area contributed by atoms with E-state index in [4.69, 9.17) is 10.8 Å². The highest BCUT2D eigenvalue weighted by Crippen LogP contribution is 2.29. The van der Waals surface area contributed by atoms with Crippen LogP contribution in [-0.4, -0.2) is 27.6 Å². The molecule has 2 heterocycles. The lowest BCUT2D eigenvalue weighted by atomic mass is 9.99. The highest BCUT2D eigenvalue weighted by molar-refractivity contribution is 6.00. The summed E-state index contributed by atoms with van der Waals surface area (Å²) in [6.07, 6.45) is 2.50. The van der Waals surface area contributed by atoms with Gasteiger partial charge in [0.15, 0.2) is 0 Å². The Labute approximate surface area is 180 Å². The largest absolute Gasteiger partial charge is 0.396 e. The highest BCUT2D eigenvalue weighted by Gasteiger charge is 2.11. The van der Waals surface area contributed by atoms with Gasteiger partial charge in [0.1, 0.15) is 11.5 Å². The molecule has 0 unspecified atom stereocenters. The van der Waals surface area contributed by atoms with Crippen molar-refractivity contribution in [3.63, 3.8) is 0 Å². The minimum Gasteiger partial charge on any atom is -0.396 e. The number of aromatic nitrogens is 2. The number of carbonyl (C=O) groups is 1. The molecule has 3 N–H and O–H groups in total. The number of nitrogens with two attached hydrogens (primary N) is 1. The van der Waals surface area contributed by atoms with Gasteiger partial charge in [-0.3, -0.25) is 9.78 Å². The molecule has 0 radical (unpaired) electrons. The first-order valence-corrected chi connectivity index (χ1v) is 9.87. The Bertz CT molecular complexity index is 1190. The number of hydrogen-bond acceptors (Lipinski definition) is 4. The van der Waals surface area contributed by atoms with Gasteiger partial charge in [0, 0.05) is 23.9 Å². The minimum atomic E-state index is -0.582. The molecule has 0 spiro atoms. The van der Waals surface area contributed by atoms with Crippen LogP contribution in [0.15, 0.2) is 66.9 Å². The molecule has 0 saturated carbocycles. The van der Waals surface area contributed by atoms with E-state index in [1.165, 1.54) is 12.1 Å². The molecule has 0 aliphatic carbocycles. The van der Waals surface area contributed by atoms with Crippen LogP contribution in [0.25, 0.3) is 22.0 Å². The molecule has 4 rings (SSSR count). The van der Waals surface area contributed by atoms with Gasteiger partial charge in [0.05, 0.1) is 5.52 Å².